The van der Waals surface area contributed by atoms with Crippen LogP contribution in [0.15, 0.2) is 30.9 Å². The Morgan fingerprint density at radius 2 is 2.16 bits per heavy atom. The van der Waals surface area contributed by atoms with Gasteiger partial charge in [0.15, 0.2) is 0 Å². The fraction of sp³-hybridized carbons (Fsp3) is 0.412. The fourth-order valence-corrected chi connectivity index (χ4v) is 4.36. The van der Waals surface area contributed by atoms with E-state index in [4.69, 9.17) is 0 Å². The van der Waals surface area contributed by atoms with Gasteiger partial charge in [0.2, 0.25) is 0 Å². The lowest BCUT2D eigenvalue weighted by atomic mass is 10.2. The molecule has 0 unspecified atom stereocenters. The average molecular weight is 354 g/mol. The summed E-state index contributed by atoms with van der Waals surface area (Å²) in [5.74, 6) is 1.08. The van der Waals surface area contributed by atoms with E-state index in [0.29, 0.717) is 0 Å². The topological polar surface area (TPSA) is 78.0 Å². The second-order valence-corrected chi connectivity index (χ2v) is 7.60. The third kappa shape index (κ3) is 2.39. The highest BCUT2D eigenvalue weighted by Gasteiger charge is 2.52. The van der Waals surface area contributed by atoms with Gasteiger partial charge in [0, 0.05) is 32.0 Å². The molecule has 0 aromatic carbocycles. The second kappa shape index (κ2) is 5.52. The highest BCUT2D eigenvalue weighted by Crippen LogP contribution is 2.45. The van der Waals surface area contributed by atoms with Crippen molar-refractivity contribution in [3.05, 3.63) is 35.7 Å². The lowest BCUT2D eigenvalue weighted by Gasteiger charge is -2.32. The Labute approximate surface area is 148 Å². The SMILES string of the molecule is O=C(c1ccns1)N1CCCN(c2ncnc3[nH]ccc23)CC12CC2. The number of hydrogen-bond acceptors (Lipinski definition) is 6. The molecule has 1 N–H and O–H groups in total. The molecule has 1 aliphatic heterocycles. The molecule has 1 aliphatic carbocycles. The van der Waals surface area contributed by atoms with Crippen LogP contribution in [0.3, 0.4) is 0 Å². The van der Waals surface area contributed by atoms with Gasteiger partial charge in [-0.25, -0.2) is 14.3 Å². The van der Waals surface area contributed by atoms with E-state index in [0.717, 1.165) is 60.6 Å². The first-order valence-corrected chi connectivity index (χ1v) is 9.30. The standard InChI is InChI=1S/C17H18N6OS/c24-16(13-3-7-21-25-13)23-9-1-8-22(10-17(23)4-5-17)15-12-2-6-18-14(12)19-11-20-15/h2-3,6-7,11H,1,4-5,8-10H2,(H,18,19,20). The first-order valence-electron chi connectivity index (χ1n) is 8.53. The number of anilines is 1. The van der Waals surface area contributed by atoms with Gasteiger partial charge >= 0.3 is 0 Å². The van der Waals surface area contributed by atoms with Gasteiger partial charge in [-0.2, -0.15) is 0 Å². The number of H-pyrrole nitrogens is 1. The molecule has 8 heteroatoms. The lowest BCUT2D eigenvalue weighted by molar-refractivity contribution is 0.0675. The molecular weight excluding hydrogens is 336 g/mol. The smallest absolute Gasteiger partial charge is 0.266 e. The molecule has 5 rings (SSSR count). The van der Waals surface area contributed by atoms with E-state index in [1.165, 1.54) is 11.5 Å². The number of carbonyl (C=O) groups is 1. The molecule has 1 saturated heterocycles. The van der Waals surface area contributed by atoms with Crippen molar-refractivity contribution in [2.24, 2.45) is 0 Å². The van der Waals surface area contributed by atoms with E-state index >= 15 is 0 Å². The molecule has 2 aliphatic rings. The predicted octanol–water partition coefficient (Wildman–Crippen LogP) is 2.30. The van der Waals surface area contributed by atoms with E-state index < -0.39 is 0 Å². The molecular formula is C17H18N6OS. The molecule has 0 radical (unpaired) electrons. The van der Waals surface area contributed by atoms with Gasteiger partial charge in [0.05, 0.1) is 10.9 Å². The number of carbonyl (C=O) groups excluding carboxylic acids is 1. The maximum atomic E-state index is 12.9. The summed E-state index contributed by atoms with van der Waals surface area (Å²) >= 11 is 1.28. The van der Waals surface area contributed by atoms with Gasteiger partial charge in [0.25, 0.3) is 5.91 Å². The van der Waals surface area contributed by atoms with Crippen LogP contribution in [-0.4, -0.2) is 55.3 Å². The highest BCUT2D eigenvalue weighted by molar-refractivity contribution is 7.08. The highest BCUT2D eigenvalue weighted by atomic mass is 32.1. The van der Waals surface area contributed by atoms with Crippen molar-refractivity contribution >= 4 is 34.3 Å². The average Bonchev–Trinajstić information content (AvgIpc) is 3.05. The number of nitrogens with zero attached hydrogens (tertiary/aromatic N) is 5. The number of aromatic nitrogens is 4. The Morgan fingerprint density at radius 1 is 1.24 bits per heavy atom. The van der Waals surface area contributed by atoms with Crippen LogP contribution in [0.5, 0.6) is 0 Å². The Balaban J connectivity index is 1.47. The van der Waals surface area contributed by atoms with E-state index in [1.54, 1.807) is 12.5 Å². The Bertz CT molecular complexity index is 916. The Morgan fingerprint density at radius 3 is 2.96 bits per heavy atom. The number of rotatable bonds is 2. The summed E-state index contributed by atoms with van der Waals surface area (Å²) in [5.41, 5.74) is 0.794. The minimum absolute atomic E-state index is 0.0643. The van der Waals surface area contributed by atoms with E-state index in [9.17, 15) is 4.79 Å². The summed E-state index contributed by atoms with van der Waals surface area (Å²) < 4.78 is 4.08. The molecule has 0 bridgehead atoms. The van der Waals surface area contributed by atoms with Crippen molar-refractivity contribution < 1.29 is 4.79 Å². The third-order valence-electron chi connectivity index (χ3n) is 5.22. The van der Waals surface area contributed by atoms with Crippen molar-refractivity contribution in [3.63, 3.8) is 0 Å². The van der Waals surface area contributed by atoms with E-state index in [1.807, 2.05) is 18.3 Å². The molecule has 3 aromatic rings. The normalized spacial score (nSPS) is 19.4. The van der Waals surface area contributed by atoms with Gasteiger partial charge in [0.1, 0.15) is 22.7 Å². The molecule has 2 fully saturated rings. The van der Waals surface area contributed by atoms with Crippen LogP contribution >= 0.6 is 11.5 Å². The summed E-state index contributed by atoms with van der Waals surface area (Å²) in [6.07, 6.45) is 8.24. The van der Waals surface area contributed by atoms with Crippen molar-refractivity contribution in [2.45, 2.75) is 24.8 Å². The zero-order chi connectivity index (χ0) is 16.9. The molecule has 4 heterocycles. The zero-order valence-electron chi connectivity index (χ0n) is 13.7. The number of nitrogens with one attached hydrogen (secondary N) is 1. The Kier molecular flexibility index (Phi) is 3.27. The summed E-state index contributed by atoms with van der Waals surface area (Å²) in [6, 6.07) is 3.84. The number of hydrogen-bond donors (Lipinski definition) is 1. The molecule has 128 valence electrons. The quantitative estimate of drug-likeness (QED) is 0.764. The number of amides is 1. The summed E-state index contributed by atoms with van der Waals surface area (Å²) in [4.78, 5) is 30.0. The van der Waals surface area contributed by atoms with Crippen LogP contribution in [0.2, 0.25) is 0 Å². The van der Waals surface area contributed by atoms with Crippen LogP contribution in [-0.2, 0) is 0 Å². The fourth-order valence-electron chi connectivity index (χ4n) is 3.82. The maximum Gasteiger partial charge on any atom is 0.266 e. The van der Waals surface area contributed by atoms with Crippen molar-refractivity contribution in [3.8, 4) is 0 Å². The van der Waals surface area contributed by atoms with Gasteiger partial charge < -0.3 is 14.8 Å². The van der Waals surface area contributed by atoms with E-state index in [-0.39, 0.29) is 11.4 Å². The van der Waals surface area contributed by atoms with Gasteiger partial charge in [-0.1, -0.05) is 0 Å². The van der Waals surface area contributed by atoms with Gasteiger partial charge in [-0.15, -0.1) is 0 Å². The zero-order valence-corrected chi connectivity index (χ0v) is 14.5. The van der Waals surface area contributed by atoms with Gasteiger partial charge in [-0.3, -0.25) is 4.79 Å². The summed E-state index contributed by atoms with van der Waals surface area (Å²) in [5, 5.41) is 1.04. The predicted molar refractivity (Wildman–Crippen MR) is 95.8 cm³/mol. The van der Waals surface area contributed by atoms with Crippen LogP contribution in [0.4, 0.5) is 5.82 Å². The molecule has 1 spiro atoms. The maximum absolute atomic E-state index is 12.9. The van der Waals surface area contributed by atoms with Crippen molar-refractivity contribution in [1.29, 1.82) is 0 Å². The summed E-state index contributed by atoms with van der Waals surface area (Å²) in [7, 11) is 0. The van der Waals surface area contributed by atoms with Crippen LogP contribution < -0.4 is 4.90 Å². The molecule has 1 amide bonds. The first-order chi connectivity index (χ1) is 12.3. The van der Waals surface area contributed by atoms with Crippen molar-refractivity contribution in [1.82, 2.24) is 24.2 Å². The molecule has 7 nitrogen and oxygen atoms in total. The second-order valence-electron chi connectivity index (χ2n) is 6.77. The lowest BCUT2D eigenvalue weighted by Crippen LogP contribution is -2.46. The van der Waals surface area contributed by atoms with Crippen LogP contribution in [0.25, 0.3) is 11.0 Å². The van der Waals surface area contributed by atoms with Crippen LogP contribution in [0.1, 0.15) is 28.9 Å². The number of fused-ring (bicyclic) bond motifs is 1. The molecule has 25 heavy (non-hydrogen) atoms. The molecule has 0 atom stereocenters. The van der Waals surface area contributed by atoms with Crippen LogP contribution in [0, 0.1) is 0 Å². The molecule has 1 saturated carbocycles. The minimum Gasteiger partial charge on any atom is -0.354 e. The third-order valence-corrected chi connectivity index (χ3v) is 5.96. The van der Waals surface area contributed by atoms with E-state index in [2.05, 4.69) is 29.1 Å². The minimum atomic E-state index is -0.0643. The number of aromatic amines is 1. The monoisotopic (exact) mass is 354 g/mol. The van der Waals surface area contributed by atoms with Crippen molar-refractivity contribution in [2.75, 3.05) is 24.5 Å². The molecule has 3 aromatic heterocycles. The summed E-state index contributed by atoms with van der Waals surface area (Å²) in [6.45, 7) is 2.51. The van der Waals surface area contributed by atoms with Gasteiger partial charge in [-0.05, 0) is 42.9 Å². The largest absolute Gasteiger partial charge is 0.354 e. The Hall–Kier alpha value is -2.48. The first kappa shape index (κ1) is 14.8.